The quantitative estimate of drug-likeness (QED) is 0.442. The number of hydrogen-bond acceptors (Lipinski definition) is 8. The van der Waals surface area contributed by atoms with Crippen LogP contribution in [0.2, 0.25) is 5.15 Å². The minimum atomic E-state index is -3.90. The monoisotopic (exact) mass is 527 g/mol. The average Bonchev–Trinajstić information content (AvgIpc) is 3.36. The van der Waals surface area contributed by atoms with Gasteiger partial charge in [-0.1, -0.05) is 11.6 Å². The van der Waals surface area contributed by atoms with Crippen LogP contribution >= 0.6 is 11.6 Å². The Bertz CT molecular complexity index is 1390. The zero-order valence-electron chi connectivity index (χ0n) is 19.9. The van der Waals surface area contributed by atoms with Gasteiger partial charge in [0.2, 0.25) is 15.0 Å². The van der Waals surface area contributed by atoms with Gasteiger partial charge in [-0.25, -0.2) is 27.6 Å². The largest absolute Gasteiger partial charge is 0.444 e. The van der Waals surface area contributed by atoms with Gasteiger partial charge in [-0.15, -0.1) is 0 Å². The molecule has 1 amide bonds. The molecule has 0 N–H and O–H groups in total. The number of carbonyl (C=O) groups excluding carboxylic acids is 1. The first-order chi connectivity index (χ1) is 16.2. The van der Waals surface area contributed by atoms with Gasteiger partial charge in [-0.05, 0) is 33.6 Å². The Labute approximate surface area is 206 Å². The first-order valence-electron chi connectivity index (χ1n) is 11.5. The fourth-order valence-electron chi connectivity index (χ4n) is 4.89. The van der Waals surface area contributed by atoms with Crippen LogP contribution in [0, 0.1) is 17.7 Å². The Morgan fingerprint density at radius 1 is 1.11 bits per heavy atom. The van der Waals surface area contributed by atoms with E-state index in [1.165, 1.54) is 4.57 Å². The van der Waals surface area contributed by atoms with Crippen LogP contribution in [0.5, 0.6) is 0 Å². The van der Waals surface area contributed by atoms with Gasteiger partial charge in [0.05, 0.1) is 0 Å². The molecule has 13 heteroatoms. The lowest BCUT2D eigenvalue weighted by atomic mass is 10.0. The highest BCUT2D eigenvalue weighted by Crippen LogP contribution is 2.40. The molecule has 2 aromatic rings. The molecule has 3 aliphatic rings. The summed E-state index contributed by atoms with van der Waals surface area (Å²) in [6.07, 6.45) is 1.96. The van der Waals surface area contributed by atoms with Crippen LogP contribution in [0.25, 0.3) is 10.9 Å². The second-order valence-corrected chi connectivity index (χ2v) is 12.9. The number of nitrogens with zero attached hydrogens (tertiary/aromatic N) is 5. The molecule has 190 valence electrons. The molecule has 1 aliphatic carbocycles. The van der Waals surface area contributed by atoms with Crippen LogP contribution in [-0.4, -0.2) is 72.0 Å². The van der Waals surface area contributed by atoms with Crippen molar-refractivity contribution < 1.29 is 22.3 Å². The number of anilines is 1. The zero-order valence-corrected chi connectivity index (χ0v) is 21.5. The normalized spacial score (nSPS) is 22.7. The van der Waals surface area contributed by atoms with Gasteiger partial charge in [0.1, 0.15) is 22.3 Å². The van der Waals surface area contributed by atoms with Crippen molar-refractivity contribution in [3.8, 4) is 0 Å². The number of pyridine rings is 1. The summed E-state index contributed by atoms with van der Waals surface area (Å²) < 4.78 is 46.6. The molecule has 3 fully saturated rings. The topological polar surface area (TPSA) is 115 Å². The molecule has 2 saturated heterocycles. The van der Waals surface area contributed by atoms with Gasteiger partial charge in [0.25, 0.3) is 5.56 Å². The number of rotatable bonds is 3. The minimum Gasteiger partial charge on any atom is -0.444 e. The molecule has 10 nitrogen and oxygen atoms in total. The summed E-state index contributed by atoms with van der Waals surface area (Å²) in [7, 11) is -3.90. The minimum absolute atomic E-state index is 0.0667. The van der Waals surface area contributed by atoms with Crippen LogP contribution in [0.15, 0.2) is 9.95 Å². The molecular formula is C22H27ClFN5O5S. The van der Waals surface area contributed by atoms with E-state index in [9.17, 15) is 18.0 Å². The third-order valence-electron chi connectivity index (χ3n) is 6.58. The van der Waals surface area contributed by atoms with Crippen molar-refractivity contribution in [2.45, 2.75) is 50.4 Å². The first-order valence-corrected chi connectivity index (χ1v) is 13.8. The number of amides is 1. The number of ether oxygens (including phenoxy) is 1. The summed E-state index contributed by atoms with van der Waals surface area (Å²) in [6, 6.07) is -0.198. The lowest BCUT2D eigenvalue weighted by Gasteiger charge is -2.26. The Morgan fingerprint density at radius 3 is 2.23 bits per heavy atom. The third-order valence-corrected chi connectivity index (χ3v) is 7.78. The van der Waals surface area contributed by atoms with Crippen LogP contribution < -0.4 is 10.5 Å². The molecule has 2 unspecified atom stereocenters. The Hall–Kier alpha value is -2.47. The maximum Gasteiger partial charge on any atom is 0.410 e. The molecule has 2 atom stereocenters. The molecule has 35 heavy (non-hydrogen) atoms. The maximum absolute atomic E-state index is 15.3. The fraction of sp³-hybridized carbons (Fsp3) is 0.636. The molecule has 2 aliphatic heterocycles. The molecule has 0 radical (unpaired) electrons. The summed E-state index contributed by atoms with van der Waals surface area (Å²) >= 11 is 6.18. The summed E-state index contributed by atoms with van der Waals surface area (Å²) in [5, 5.41) is -1.01. The van der Waals surface area contributed by atoms with E-state index < -0.39 is 37.5 Å². The predicted octanol–water partition coefficient (Wildman–Crippen LogP) is 2.63. The van der Waals surface area contributed by atoms with Gasteiger partial charge >= 0.3 is 6.09 Å². The van der Waals surface area contributed by atoms with Crippen molar-refractivity contribution in [2.24, 2.45) is 11.8 Å². The van der Waals surface area contributed by atoms with E-state index in [-0.39, 0.29) is 40.3 Å². The van der Waals surface area contributed by atoms with Gasteiger partial charge < -0.3 is 14.5 Å². The molecule has 5 rings (SSSR count). The summed E-state index contributed by atoms with van der Waals surface area (Å²) in [6.45, 7) is 7.20. The first kappa shape index (κ1) is 24.2. The van der Waals surface area contributed by atoms with Crippen molar-refractivity contribution in [3.63, 3.8) is 0 Å². The van der Waals surface area contributed by atoms with E-state index in [4.69, 9.17) is 16.3 Å². The lowest BCUT2D eigenvalue weighted by molar-refractivity contribution is 0.0282. The van der Waals surface area contributed by atoms with Gasteiger partial charge in [0.15, 0.2) is 11.0 Å². The highest BCUT2D eigenvalue weighted by atomic mass is 35.5. The zero-order chi connectivity index (χ0) is 25.4. The summed E-state index contributed by atoms with van der Waals surface area (Å²) in [5.74, 6) is -0.713. The average molecular weight is 528 g/mol. The highest BCUT2D eigenvalue weighted by molar-refractivity contribution is 7.90. The van der Waals surface area contributed by atoms with Crippen molar-refractivity contribution >= 4 is 44.3 Å². The number of hydrogen-bond donors (Lipinski definition) is 0. The standard InChI is InChI=1S/C22H27ClFN5O5S/c1-22(2,3)34-21(31)28-9-11-7-27(8-12(11)10-28)18-14-16(25-20(26-18)35(4,32)33)15(24)17(23)29(19(14)30)13-5-6-13/h11-13H,5-10H2,1-4H3. The highest BCUT2D eigenvalue weighted by Gasteiger charge is 2.44. The molecule has 0 spiro atoms. The lowest BCUT2D eigenvalue weighted by Crippen LogP contribution is -2.38. The second kappa shape index (κ2) is 8.02. The Morgan fingerprint density at radius 2 is 1.71 bits per heavy atom. The van der Waals surface area contributed by atoms with Gasteiger partial charge in [0, 0.05) is 50.3 Å². The second-order valence-electron chi connectivity index (χ2n) is 10.6. The summed E-state index contributed by atoms with van der Waals surface area (Å²) in [5.41, 5.74) is -1.53. The smallest absolute Gasteiger partial charge is 0.410 e. The number of carbonyl (C=O) groups is 1. The van der Waals surface area contributed by atoms with E-state index in [2.05, 4.69) is 9.97 Å². The van der Waals surface area contributed by atoms with Crippen molar-refractivity contribution in [1.82, 2.24) is 19.4 Å². The molecule has 4 heterocycles. The van der Waals surface area contributed by atoms with E-state index in [1.54, 1.807) is 9.80 Å². The molecule has 2 aromatic heterocycles. The van der Waals surface area contributed by atoms with E-state index in [0.29, 0.717) is 39.0 Å². The molecule has 1 saturated carbocycles. The van der Waals surface area contributed by atoms with E-state index in [1.807, 2.05) is 20.8 Å². The van der Waals surface area contributed by atoms with E-state index in [0.717, 1.165) is 6.26 Å². The molecule has 0 aromatic carbocycles. The van der Waals surface area contributed by atoms with Crippen LogP contribution in [0.1, 0.15) is 39.7 Å². The number of sulfone groups is 1. The van der Waals surface area contributed by atoms with Crippen molar-refractivity contribution in [1.29, 1.82) is 0 Å². The third kappa shape index (κ3) is 4.35. The summed E-state index contributed by atoms with van der Waals surface area (Å²) in [4.78, 5) is 37.5. The number of aromatic nitrogens is 3. The van der Waals surface area contributed by atoms with Crippen LogP contribution in [0.4, 0.5) is 15.0 Å². The van der Waals surface area contributed by atoms with Crippen molar-refractivity contribution in [3.05, 3.63) is 21.3 Å². The molecule has 0 bridgehead atoms. The number of fused-ring (bicyclic) bond motifs is 2. The van der Waals surface area contributed by atoms with Crippen LogP contribution in [-0.2, 0) is 14.6 Å². The maximum atomic E-state index is 15.3. The Balaban J connectivity index is 1.54. The fourth-order valence-corrected chi connectivity index (χ4v) is 5.71. The van der Waals surface area contributed by atoms with Crippen LogP contribution in [0.3, 0.4) is 0 Å². The number of likely N-dealkylation sites (tertiary alicyclic amines) is 1. The van der Waals surface area contributed by atoms with Gasteiger partial charge in [-0.2, -0.15) is 0 Å². The predicted molar refractivity (Wildman–Crippen MR) is 127 cm³/mol. The molecular weight excluding hydrogens is 501 g/mol. The Kier molecular flexibility index (Phi) is 5.55. The van der Waals surface area contributed by atoms with E-state index >= 15 is 4.39 Å². The van der Waals surface area contributed by atoms with Gasteiger partial charge in [-0.3, -0.25) is 9.36 Å². The number of halogens is 2. The SMILES string of the molecule is CC(C)(C)OC(=O)N1CC2CN(c3nc(S(C)(=O)=O)nc4c(F)c(Cl)n(C5CC5)c(=O)c34)CC2C1. The van der Waals surface area contributed by atoms with Crippen molar-refractivity contribution in [2.75, 3.05) is 37.3 Å².